The summed E-state index contributed by atoms with van der Waals surface area (Å²) in [6.45, 7) is 6.59. The lowest BCUT2D eigenvalue weighted by atomic mass is 9.63. The first-order valence-corrected chi connectivity index (χ1v) is 13.0. The number of aliphatic hydroxyl groups excluding tert-OH is 1. The third kappa shape index (κ3) is 7.14. The van der Waals surface area contributed by atoms with Crippen LogP contribution in [0.4, 0.5) is 8.78 Å². The van der Waals surface area contributed by atoms with Gasteiger partial charge in [-0.2, -0.15) is 0 Å². The minimum Gasteiger partial charge on any atom is -0.391 e. The van der Waals surface area contributed by atoms with Crippen molar-refractivity contribution in [2.24, 2.45) is 17.1 Å². The molecule has 1 aliphatic carbocycles. The van der Waals surface area contributed by atoms with Crippen LogP contribution in [0.25, 0.3) is 0 Å². The molecular formula is C30H37F2N3O3. The molecular weight excluding hydrogens is 488 g/mol. The third-order valence-corrected chi connectivity index (χ3v) is 7.04. The molecule has 204 valence electrons. The van der Waals surface area contributed by atoms with Crippen LogP contribution in [0, 0.1) is 23.0 Å². The van der Waals surface area contributed by atoms with Crippen molar-refractivity contribution in [3.63, 3.8) is 0 Å². The number of hydrogen-bond acceptors (Lipinski definition) is 4. The van der Waals surface area contributed by atoms with Crippen LogP contribution < -0.4 is 16.4 Å². The lowest BCUT2D eigenvalue weighted by Gasteiger charge is -2.41. The SMILES string of the molecule is CCNC(=O)C1=CC(C)=CC(C(N)=O)([C@H](Cc2cc(F)cc(F)c2)[C@@H](O)CNCc2cccc(CC)c2)C1. The number of aliphatic hydroxyl groups is 1. The molecule has 3 rings (SSSR count). The Kier molecular flexibility index (Phi) is 9.94. The van der Waals surface area contributed by atoms with Crippen LogP contribution in [0.15, 0.2) is 65.8 Å². The molecule has 6 nitrogen and oxygen atoms in total. The topological polar surface area (TPSA) is 104 Å². The maximum absolute atomic E-state index is 14.1. The number of nitrogens with one attached hydrogen (secondary N) is 2. The van der Waals surface area contributed by atoms with E-state index < -0.39 is 35.0 Å². The highest BCUT2D eigenvalue weighted by atomic mass is 19.1. The number of carbonyl (C=O) groups excluding carboxylic acids is 2. The summed E-state index contributed by atoms with van der Waals surface area (Å²) in [6.07, 6.45) is 3.07. The van der Waals surface area contributed by atoms with Gasteiger partial charge in [0.15, 0.2) is 0 Å². The Bertz CT molecular complexity index is 1210. The number of hydrogen-bond donors (Lipinski definition) is 4. The summed E-state index contributed by atoms with van der Waals surface area (Å²) in [5.74, 6) is -3.43. The number of amides is 2. The van der Waals surface area contributed by atoms with Gasteiger partial charge in [-0.3, -0.25) is 9.59 Å². The molecule has 0 aliphatic heterocycles. The Labute approximate surface area is 223 Å². The maximum atomic E-state index is 14.1. The molecule has 0 radical (unpaired) electrons. The Hall–Kier alpha value is -3.36. The van der Waals surface area contributed by atoms with E-state index in [1.165, 1.54) is 17.7 Å². The number of rotatable bonds is 12. The van der Waals surface area contributed by atoms with Crippen LogP contribution in [0.2, 0.25) is 0 Å². The van der Waals surface area contributed by atoms with Gasteiger partial charge in [0, 0.05) is 37.2 Å². The fourth-order valence-electron chi connectivity index (χ4n) is 5.25. The van der Waals surface area contributed by atoms with Gasteiger partial charge in [-0.05, 0) is 61.9 Å². The molecule has 0 aromatic heterocycles. The smallest absolute Gasteiger partial charge is 0.247 e. The molecule has 2 aromatic rings. The standard InChI is InChI=1S/C30H37F2N3O3/c1-4-20-7-6-8-21(10-20)17-34-18-27(36)26(13-22-11-24(31)14-25(32)12-22)30(29(33)38)15-19(3)9-23(16-30)28(37)35-5-2/h6-12,14-15,26-27,34,36H,4-5,13,16-18H2,1-3H3,(H2,33,38)(H,35,37)/t26-,27+,30?/m1/s1. The fraction of sp³-hybridized carbons (Fsp3) is 0.400. The second-order valence-electron chi connectivity index (χ2n) is 9.96. The first-order chi connectivity index (χ1) is 18.1. The summed E-state index contributed by atoms with van der Waals surface area (Å²) in [4.78, 5) is 25.9. The Morgan fingerprint density at radius 2 is 1.76 bits per heavy atom. The minimum atomic E-state index is -1.45. The first kappa shape index (κ1) is 29.2. The lowest BCUT2D eigenvalue weighted by Crippen LogP contribution is -2.51. The molecule has 1 aliphatic rings. The van der Waals surface area contributed by atoms with Gasteiger partial charge in [-0.1, -0.05) is 48.9 Å². The van der Waals surface area contributed by atoms with Gasteiger partial charge < -0.3 is 21.5 Å². The molecule has 0 spiro atoms. The molecule has 1 unspecified atom stereocenters. The van der Waals surface area contributed by atoms with E-state index in [4.69, 9.17) is 5.73 Å². The molecule has 2 amide bonds. The molecule has 8 heteroatoms. The molecule has 3 atom stereocenters. The maximum Gasteiger partial charge on any atom is 0.247 e. The highest BCUT2D eigenvalue weighted by Gasteiger charge is 2.48. The van der Waals surface area contributed by atoms with Crippen molar-refractivity contribution in [1.29, 1.82) is 0 Å². The van der Waals surface area contributed by atoms with Crippen molar-refractivity contribution < 1.29 is 23.5 Å². The van der Waals surface area contributed by atoms with E-state index in [0.717, 1.165) is 18.1 Å². The van der Waals surface area contributed by atoms with Gasteiger partial charge in [0.25, 0.3) is 0 Å². The largest absolute Gasteiger partial charge is 0.391 e. The second-order valence-corrected chi connectivity index (χ2v) is 9.96. The van der Waals surface area contributed by atoms with Crippen LogP contribution in [0.1, 0.15) is 43.9 Å². The predicted molar refractivity (Wildman–Crippen MR) is 144 cm³/mol. The number of benzene rings is 2. The van der Waals surface area contributed by atoms with Crippen LogP contribution >= 0.6 is 0 Å². The van der Waals surface area contributed by atoms with E-state index in [1.54, 1.807) is 26.0 Å². The normalized spacial score (nSPS) is 18.8. The van der Waals surface area contributed by atoms with Crippen molar-refractivity contribution in [1.82, 2.24) is 10.6 Å². The van der Waals surface area contributed by atoms with Gasteiger partial charge >= 0.3 is 0 Å². The van der Waals surface area contributed by atoms with Crippen LogP contribution in [0.5, 0.6) is 0 Å². The van der Waals surface area contributed by atoms with Gasteiger partial charge in [-0.15, -0.1) is 0 Å². The molecule has 0 heterocycles. The fourth-order valence-corrected chi connectivity index (χ4v) is 5.25. The summed E-state index contributed by atoms with van der Waals surface area (Å²) < 4.78 is 28.1. The van der Waals surface area contributed by atoms with Crippen molar-refractivity contribution >= 4 is 11.8 Å². The predicted octanol–water partition coefficient (Wildman–Crippen LogP) is 3.72. The second kappa shape index (κ2) is 12.9. The minimum absolute atomic E-state index is 0.0295. The number of primary amides is 1. The zero-order valence-corrected chi connectivity index (χ0v) is 22.2. The number of aryl methyl sites for hydroxylation is 1. The highest BCUT2D eigenvalue weighted by molar-refractivity contribution is 5.96. The quantitative estimate of drug-likeness (QED) is 0.339. The molecule has 0 bridgehead atoms. The van der Waals surface area contributed by atoms with Crippen molar-refractivity contribution in [2.45, 2.75) is 52.7 Å². The summed E-state index contributed by atoms with van der Waals surface area (Å²) >= 11 is 0. The average Bonchev–Trinajstić information content (AvgIpc) is 2.86. The van der Waals surface area contributed by atoms with E-state index in [2.05, 4.69) is 23.6 Å². The van der Waals surface area contributed by atoms with Crippen molar-refractivity contribution in [3.05, 3.63) is 94.1 Å². The molecule has 0 saturated heterocycles. The molecule has 2 aromatic carbocycles. The van der Waals surface area contributed by atoms with Crippen molar-refractivity contribution in [2.75, 3.05) is 13.1 Å². The van der Waals surface area contributed by atoms with Gasteiger partial charge in [0.2, 0.25) is 11.8 Å². The van der Waals surface area contributed by atoms with E-state index in [0.29, 0.717) is 24.2 Å². The molecule has 5 N–H and O–H groups in total. The first-order valence-electron chi connectivity index (χ1n) is 13.0. The van der Waals surface area contributed by atoms with E-state index in [-0.39, 0.29) is 30.9 Å². The third-order valence-electron chi connectivity index (χ3n) is 7.04. The van der Waals surface area contributed by atoms with Crippen molar-refractivity contribution in [3.8, 4) is 0 Å². The zero-order chi connectivity index (χ0) is 27.9. The van der Waals surface area contributed by atoms with E-state index >= 15 is 0 Å². The number of likely N-dealkylation sites (N-methyl/N-ethyl adjacent to an activating group) is 1. The lowest BCUT2D eigenvalue weighted by molar-refractivity contribution is -0.131. The number of halogens is 2. The summed E-state index contributed by atoms with van der Waals surface area (Å²) in [6, 6.07) is 11.2. The number of carbonyl (C=O) groups is 2. The summed E-state index contributed by atoms with van der Waals surface area (Å²) in [7, 11) is 0. The number of nitrogens with two attached hydrogens (primary N) is 1. The Balaban J connectivity index is 1.95. The average molecular weight is 526 g/mol. The molecule has 0 fully saturated rings. The molecule has 0 saturated carbocycles. The van der Waals surface area contributed by atoms with Gasteiger partial charge in [0.05, 0.1) is 11.5 Å². The Morgan fingerprint density at radius 3 is 2.39 bits per heavy atom. The van der Waals surface area contributed by atoms with Gasteiger partial charge in [0.1, 0.15) is 11.6 Å². The van der Waals surface area contributed by atoms with E-state index in [1.807, 2.05) is 18.2 Å². The number of allylic oxidation sites excluding steroid dienone is 2. The van der Waals surface area contributed by atoms with Gasteiger partial charge in [-0.25, -0.2) is 8.78 Å². The molecule has 38 heavy (non-hydrogen) atoms. The van der Waals surface area contributed by atoms with E-state index in [9.17, 15) is 23.5 Å². The summed E-state index contributed by atoms with van der Waals surface area (Å²) in [5, 5.41) is 17.4. The Morgan fingerprint density at radius 1 is 1.08 bits per heavy atom. The zero-order valence-electron chi connectivity index (χ0n) is 22.2. The summed E-state index contributed by atoms with van der Waals surface area (Å²) in [5.41, 5.74) is 8.04. The van der Waals surface area contributed by atoms with Crippen LogP contribution in [-0.2, 0) is 29.0 Å². The van der Waals surface area contributed by atoms with Crippen LogP contribution in [-0.4, -0.2) is 36.1 Å². The highest BCUT2D eigenvalue weighted by Crippen LogP contribution is 2.44. The van der Waals surface area contributed by atoms with Crippen LogP contribution in [0.3, 0.4) is 0 Å². The monoisotopic (exact) mass is 525 g/mol.